The number of amides is 4. The van der Waals surface area contributed by atoms with Crippen molar-refractivity contribution in [3.05, 3.63) is 46.8 Å². The third kappa shape index (κ3) is 10.8. The average Bonchev–Trinajstić information content (AvgIpc) is 2.92. The molecule has 0 aromatic heterocycles. The second kappa shape index (κ2) is 15.6. The highest BCUT2D eigenvalue weighted by Gasteiger charge is 2.34. The maximum Gasteiger partial charge on any atom is 0.264 e. The summed E-state index contributed by atoms with van der Waals surface area (Å²) in [5.41, 5.74) is 0.315. The quantitative estimate of drug-likeness (QED) is 0.227. The first-order chi connectivity index (χ1) is 20.0. The molecule has 0 spiro atoms. The Morgan fingerprint density at radius 3 is 2.26 bits per heavy atom. The maximum atomic E-state index is 14.4. The van der Waals surface area contributed by atoms with Crippen molar-refractivity contribution in [3.63, 3.8) is 0 Å². The average molecular weight is 600 g/mol. The van der Waals surface area contributed by atoms with Crippen molar-refractivity contribution in [1.29, 1.82) is 5.26 Å². The van der Waals surface area contributed by atoms with Crippen molar-refractivity contribution in [2.45, 2.75) is 92.5 Å². The number of rotatable bonds is 11. The Balaban J connectivity index is 2.19. The van der Waals surface area contributed by atoms with Crippen molar-refractivity contribution in [1.82, 2.24) is 20.9 Å². The predicted molar refractivity (Wildman–Crippen MR) is 160 cm³/mol. The number of aliphatic hydroxyl groups is 1. The second-order valence-corrected chi connectivity index (χ2v) is 12.7. The molecule has 10 nitrogen and oxygen atoms in total. The van der Waals surface area contributed by atoms with Crippen molar-refractivity contribution in [3.8, 4) is 6.07 Å². The van der Waals surface area contributed by atoms with Crippen LogP contribution in [0.15, 0.2) is 29.8 Å². The van der Waals surface area contributed by atoms with E-state index in [1.165, 1.54) is 13.0 Å². The highest BCUT2D eigenvalue weighted by atomic mass is 19.1. The topological polar surface area (TPSA) is 152 Å². The number of halogens is 1. The predicted octanol–water partition coefficient (Wildman–Crippen LogP) is 2.88. The first kappa shape index (κ1) is 35.4. The van der Waals surface area contributed by atoms with Crippen LogP contribution in [0.25, 0.3) is 0 Å². The first-order valence-electron chi connectivity index (χ1n) is 14.8. The number of aryl methyl sites for hydroxylation is 1. The number of nitrogens with one attached hydrogen (secondary N) is 3. The Morgan fingerprint density at radius 2 is 1.74 bits per heavy atom. The molecule has 1 aromatic carbocycles. The maximum absolute atomic E-state index is 14.4. The summed E-state index contributed by atoms with van der Waals surface area (Å²) < 4.78 is 14.4. The summed E-state index contributed by atoms with van der Waals surface area (Å²) in [4.78, 5) is 53.7. The van der Waals surface area contributed by atoms with Gasteiger partial charge in [-0.1, -0.05) is 52.8 Å². The molecule has 236 valence electrons. The van der Waals surface area contributed by atoms with Crippen molar-refractivity contribution < 1.29 is 28.7 Å². The number of piperidine rings is 1. The van der Waals surface area contributed by atoms with Crippen molar-refractivity contribution in [2.24, 2.45) is 17.3 Å². The minimum Gasteiger partial charge on any atom is -0.391 e. The van der Waals surface area contributed by atoms with Crippen LogP contribution in [0.5, 0.6) is 0 Å². The molecule has 0 bridgehead atoms. The van der Waals surface area contributed by atoms with E-state index in [1.807, 2.05) is 19.9 Å². The summed E-state index contributed by atoms with van der Waals surface area (Å²) in [5, 5.41) is 27.7. The van der Waals surface area contributed by atoms with E-state index in [0.29, 0.717) is 25.9 Å². The number of carbonyl (C=O) groups is 4. The number of carbonyl (C=O) groups excluding carboxylic acids is 4. The lowest BCUT2D eigenvalue weighted by Crippen LogP contribution is -2.58. The van der Waals surface area contributed by atoms with Crippen LogP contribution in [0.2, 0.25) is 0 Å². The van der Waals surface area contributed by atoms with Gasteiger partial charge < -0.3 is 26.0 Å². The van der Waals surface area contributed by atoms with E-state index >= 15 is 0 Å². The van der Waals surface area contributed by atoms with Gasteiger partial charge in [-0.05, 0) is 56.6 Å². The minimum absolute atomic E-state index is 0.0473. The fourth-order valence-electron chi connectivity index (χ4n) is 4.72. The van der Waals surface area contributed by atoms with E-state index < -0.39 is 47.1 Å². The smallest absolute Gasteiger partial charge is 0.264 e. The van der Waals surface area contributed by atoms with Crippen molar-refractivity contribution in [2.75, 3.05) is 13.1 Å². The van der Waals surface area contributed by atoms with Crippen LogP contribution in [0.4, 0.5) is 4.39 Å². The zero-order valence-electron chi connectivity index (χ0n) is 26.3. The number of likely N-dealkylation sites (tertiary alicyclic amines) is 1. The Hall–Kier alpha value is -3.78. The van der Waals surface area contributed by atoms with Gasteiger partial charge in [-0.2, -0.15) is 5.26 Å². The molecule has 0 aliphatic carbocycles. The number of nitrogens with zero attached hydrogens (tertiary/aromatic N) is 2. The summed E-state index contributed by atoms with van der Waals surface area (Å²) in [6.07, 6.45) is 1.71. The zero-order valence-corrected chi connectivity index (χ0v) is 26.3. The van der Waals surface area contributed by atoms with Gasteiger partial charge in [-0.25, -0.2) is 4.39 Å². The number of nitriles is 1. The lowest BCUT2D eigenvalue weighted by Gasteiger charge is -2.34. The molecule has 0 saturated carbocycles. The van der Waals surface area contributed by atoms with E-state index in [0.717, 1.165) is 5.56 Å². The molecule has 1 aliphatic heterocycles. The normalized spacial score (nSPS) is 16.6. The molecular weight excluding hydrogens is 553 g/mol. The first-order valence-corrected chi connectivity index (χ1v) is 14.8. The van der Waals surface area contributed by atoms with E-state index in [1.54, 1.807) is 50.8 Å². The Bertz CT molecular complexity index is 1240. The molecule has 2 rings (SSSR count). The molecule has 1 saturated heterocycles. The molecular formula is C32H46FN5O5. The van der Waals surface area contributed by atoms with Gasteiger partial charge in [-0.15, -0.1) is 0 Å². The summed E-state index contributed by atoms with van der Waals surface area (Å²) in [5.74, 6) is -2.49. The number of allylic oxidation sites excluding steroid dienone is 1. The van der Waals surface area contributed by atoms with Crippen LogP contribution in [0, 0.1) is 41.3 Å². The largest absolute Gasteiger partial charge is 0.391 e. The molecule has 4 amide bonds. The highest BCUT2D eigenvalue weighted by Crippen LogP contribution is 2.24. The van der Waals surface area contributed by atoms with E-state index in [9.17, 15) is 33.9 Å². The van der Waals surface area contributed by atoms with Crippen molar-refractivity contribution >= 4 is 23.6 Å². The summed E-state index contributed by atoms with van der Waals surface area (Å²) in [6, 6.07) is 4.32. The van der Waals surface area contributed by atoms with E-state index in [4.69, 9.17) is 0 Å². The van der Waals surface area contributed by atoms with Gasteiger partial charge in [0.25, 0.3) is 5.91 Å². The summed E-state index contributed by atoms with van der Waals surface area (Å²) in [6.45, 7) is 12.6. The van der Waals surface area contributed by atoms with E-state index in [2.05, 4.69) is 16.0 Å². The molecule has 3 atom stereocenters. The number of hydrogen-bond donors (Lipinski definition) is 4. The Morgan fingerprint density at radius 1 is 1.12 bits per heavy atom. The molecule has 3 unspecified atom stereocenters. The third-order valence-corrected chi connectivity index (χ3v) is 7.35. The van der Waals surface area contributed by atoms with Crippen LogP contribution in [-0.4, -0.2) is 64.9 Å². The monoisotopic (exact) mass is 599 g/mol. The van der Waals surface area contributed by atoms with Gasteiger partial charge in [0.05, 0.1) is 6.10 Å². The molecule has 0 radical (unpaired) electrons. The van der Waals surface area contributed by atoms with Gasteiger partial charge in [0.1, 0.15) is 29.5 Å². The summed E-state index contributed by atoms with van der Waals surface area (Å²) >= 11 is 0. The molecule has 11 heteroatoms. The lowest BCUT2D eigenvalue weighted by atomic mass is 9.89. The third-order valence-electron chi connectivity index (χ3n) is 7.35. The van der Waals surface area contributed by atoms with Gasteiger partial charge in [0, 0.05) is 30.6 Å². The minimum atomic E-state index is -1.30. The fraction of sp³-hybridized carbons (Fsp3) is 0.594. The van der Waals surface area contributed by atoms with Crippen LogP contribution in [0.3, 0.4) is 0 Å². The molecule has 1 aromatic rings. The SMILES string of the molecule is Cc1ccc(CNC(=O)C(CC2CCN(C(=O)C(C#N)=CC(C)C)CC2)NC(=O)C(NC(=O)C(C)(C)C)C(C)O)c(F)c1. The number of hydrogen-bond acceptors (Lipinski definition) is 6. The van der Waals surface area contributed by atoms with Crippen LogP contribution in [-0.2, 0) is 25.7 Å². The molecule has 1 aliphatic rings. The fourth-order valence-corrected chi connectivity index (χ4v) is 4.72. The standard InChI is InChI=1S/C32H46FN5O5/c1-19(2)14-24(17-34)30(42)38-12-10-22(11-13-38)16-26(28(40)35-18-23-9-8-20(3)15-25(23)33)36-29(41)27(21(4)39)37-31(43)32(5,6)7/h8-9,14-15,19,21-22,26-27,39H,10-13,16,18H2,1-7H3,(H,35,40)(H,36,41)(H,37,43). The van der Waals surface area contributed by atoms with Crippen LogP contribution < -0.4 is 16.0 Å². The molecule has 1 heterocycles. The summed E-state index contributed by atoms with van der Waals surface area (Å²) in [7, 11) is 0. The number of aliphatic hydroxyl groups excluding tert-OH is 1. The van der Waals surface area contributed by atoms with E-state index in [-0.39, 0.29) is 41.8 Å². The molecule has 4 N–H and O–H groups in total. The molecule has 43 heavy (non-hydrogen) atoms. The highest BCUT2D eigenvalue weighted by molar-refractivity contribution is 5.97. The van der Waals surface area contributed by atoms with Gasteiger partial charge in [0.2, 0.25) is 17.7 Å². The second-order valence-electron chi connectivity index (χ2n) is 12.7. The van der Waals surface area contributed by atoms with Crippen LogP contribution >= 0.6 is 0 Å². The lowest BCUT2D eigenvalue weighted by molar-refractivity contribution is -0.137. The van der Waals surface area contributed by atoms with Gasteiger partial charge in [0.15, 0.2) is 0 Å². The van der Waals surface area contributed by atoms with Gasteiger partial charge >= 0.3 is 0 Å². The van der Waals surface area contributed by atoms with Gasteiger partial charge in [-0.3, -0.25) is 19.2 Å². The number of benzene rings is 1. The zero-order chi connectivity index (χ0) is 32.5. The molecule has 1 fully saturated rings. The Kier molecular flexibility index (Phi) is 12.9. The van der Waals surface area contributed by atoms with Crippen LogP contribution in [0.1, 0.15) is 71.9 Å². The Labute approximate surface area is 254 Å².